The van der Waals surface area contributed by atoms with Gasteiger partial charge in [-0.1, -0.05) is 19.9 Å². The van der Waals surface area contributed by atoms with Crippen molar-refractivity contribution < 1.29 is 29.3 Å². The van der Waals surface area contributed by atoms with Crippen LogP contribution in [0.3, 0.4) is 0 Å². The van der Waals surface area contributed by atoms with Crippen LogP contribution in [0.4, 0.5) is 0 Å². The third kappa shape index (κ3) is 4.50. The fraction of sp³-hybridized carbons (Fsp3) is 0.364. The minimum atomic E-state index is -1.59. The van der Waals surface area contributed by atoms with E-state index in [1.807, 2.05) is 0 Å². The van der Waals surface area contributed by atoms with Gasteiger partial charge in [0.1, 0.15) is 0 Å². The number of hydrogen-bond acceptors (Lipinski definition) is 4. The standard InChI is InChI=1S/C11H14O6/c1-4-5-7(9(12)13)8(10(14)15)17-11(16)6(2)3/h2,4-5H2,1,3H3,(H,12,13)(H,14,15). The van der Waals surface area contributed by atoms with E-state index in [4.69, 9.17) is 10.2 Å². The van der Waals surface area contributed by atoms with Crippen LogP contribution >= 0.6 is 0 Å². The quantitative estimate of drug-likeness (QED) is 0.414. The Morgan fingerprint density at radius 3 is 2.00 bits per heavy atom. The summed E-state index contributed by atoms with van der Waals surface area (Å²) in [5.41, 5.74) is -0.445. The molecular weight excluding hydrogens is 228 g/mol. The van der Waals surface area contributed by atoms with E-state index in [-0.39, 0.29) is 12.0 Å². The zero-order chi connectivity index (χ0) is 13.6. The van der Waals surface area contributed by atoms with Crippen molar-refractivity contribution in [1.29, 1.82) is 0 Å². The third-order valence-electron chi connectivity index (χ3n) is 1.77. The van der Waals surface area contributed by atoms with Crippen molar-refractivity contribution in [3.8, 4) is 0 Å². The van der Waals surface area contributed by atoms with Crippen molar-refractivity contribution >= 4 is 17.9 Å². The Labute approximate surface area is 98.2 Å². The van der Waals surface area contributed by atoms with E-state index in [9.17, 15) is 14.4 Å². The van der Waals surface area contributed by atoms with Gasteiger partial charge in [-0.2, -0.15) is 0 Å². The molecule has 0 heterocycles. The maximum absolute atomic E-state index is 11.2. The van der Waals surface area contributed by atoms with Crippen molar-refractivity contribution in [2.75, 3.05) is 0 Å². The minimum Gasteiger partial charge on any atom is -0.478 e. The summed E-state index contributed by atoms with van der Waals surface area (Å²) in [4.78, 5) is 32.9. The van der Waals surface area contributed by atoms with Gasteiger partial charge in [-0.15, -0.1) is 0 Å². The Morgan fingerprint density at radius 1 is 1.18 bits per heavy atom. The molecule has 0 saturated heterocycles. The third-order valence-corrected chi connectivity index (χ3v) is 1.77. The molecule has 0 saturated carbocycles. The molecule has 17 heavy (non-hydrogen) atoms. The van der Waals surface area contributed by atoms with Crippen LogP contribution in [0.25, 0.3) is 0 Å². The van der Waals surface area contributed by atoms with Crippen LogP contribution < -0.4 is 0 Å². The number of carboxylic acid groups (broad SMARTS) is 2. The highest BCUT2D eigenvalue weighted by Crippen LogP contribution is 2.15. The highest BCUT2D eigenvalue weighted by Gasteiger charge is 2.24. The summed E-state index contributed by atoms with van der Waals surface area (Å²) < 4.78 is 4.51. The van der Waals surface area contributed by atoms with E-state index in [1.165, 1.54) is 6.92 Å². The normalized spacial score (nSPS) is 11.4. The molecule has 0 fully saturated rings. The zero-order valence-electron chi connectivity index (χ0n) is 9.65. The van der Waals surface area contributed by atoms with Crippen LogP contribution in [-0.4, -0.2) is 28.1 Å². The smallest absolute Gasteiger partial charge is 0.372 e. The molecule has 2 N–H and O–H groups in total. The van der Waals surface area contributed by atoms with E-state index in [0.29, 0.717) is 6.42 Å². The fourth-order valence-corrected chi connectivity index (χ4v) is 0.982. The van der Waals surface area contributed by atoms with E-state index < -0.39 is 29.2 Å². The molecule has 0 aliphatic heterocycles. The lowest BCUT2D eigenvalue weighted by Crippen LogP contribution is -2.17. The van der Waals surface area contributed by atoms with Crippen LogP contribution in [0.1, 0.15) is 26.7 Å². The summed E-state index contributed by atoms with van der Waals surface area (Å²) in [6.07, 6.45) is 0.420. The zero-order valence-corrected chi connectivity index (χ0v) is 9.65. The van der Waals surface area contributed by atoms with Crippen molar-refractivity contribution in [3.63, 3.8) is 0 Å². The van der Waals surface area contributed by atoms with Crippen molar-refractivity contribution in [2.24, 2.45) is 0 Å². The second-order valence-corrected chi connectivity index (χ2v) is 3.34. The number of carbonyl (C=O) groups is 3. The first-order chi connectivity index (χ1) is 7.81. The first-order valence-corrected chi connectivity index (χ1v) is 4.88. The summed E-state index contributed by atoms with van der Waals surface area (Å²) in [6, 6.07) is 0. The lowest BCUT2D eigenvalue weighted by atomic mass is 10.1. The Kier molecular flexibility index (Phi) is 5.66. The molecule has 6 heteroatoms. The molecule has 0 aromatic heterocycles. The monoisotopic (exact) mass is 242 g/mol. The van der Waals surface area contributed by atoms with E-state index in [1.54, 1.807) is 6.92 Å². The molecule has 0 unspecified atom stereocenters. The molecule has 0 atom stereocenters. The Bertz CT molecular complexity index is 391. The Hall–Kier alpha value is -2.11. The van der Waals surface area contributed by atoms with Crippen molar-refractivity contribution in [2.45, 2.75) is 26.7 Å². The average Bonchev–Trinajstić information content (AvgIpc) is 2.21. The molecule has 0 aromatic carbocycles. The van der Waals surface area contributed by atoms with Gasteiger partial charge in [-0.25, -0.2) is 14.4 Å². The largest absolute Gasteiger partial charge is 0.478 e. The van der Waals surface area contributed by atoms with Gasteiger partial charge >= 0.3 is 17.9 Å². The van der Waals surface area contributed by atoms with Gasteiger partial charge in [0.2, 0.25) is 5.76 Å². The number of carbonyl (C=O) groups excluding carboxylic acids is 1. The van der Waals surface area contributed by atoms with Crippen LogP contribution in [0.2, 0.25) is 0 Å². The molecule has 0 aliphatic carbocycles. The first kappa shape index (κ1) is 14.9. The summed E-state index contributed by atoms with van der Waals surface area (Å²) in [5.74, 6) is -4.83. The molecule has 0 amide bonds. The fourth-order valence-electron chi connectivity index (χ4n) is 0.982. The van der Waals surface area contributed by atoms with Crippen LogP contribution in [-0.2, 0) is 19.1 Å². The lowest BCUT2D eigenvalue weighted by molar-refractivity contribution is -0.146. The Morgan fingerprint density at radius 2 is 1.71 bits per heavy atom. The highest BCUT2D eigenvalue weighted by molar-refractivity contribution is 6.00. The molecule has 94 valence electrons. The molecule has 0 rings (SSSR count). The first-order valence-electron chi connectivity index (χ1n) is 4.88. The summed E-state index contributed by atoms with van der Waals surface area (Å²) in [6.45, 7) is 6.30. The van der Waals surface area contributed by atoms with Gasteiger partial charge in [0, 0.05) is 5.57 Å². The molecule has 0 spiro atoms. The average molecular weight is 242 g/mol. The second kappa shape index (κ2) is 6.47. The molecule has 6 nitrogen and oxygen atoms in total. The van der Waals surface area contributed by atoms with Gasteiger partial charge in [-0.3, -0.25) is 0 Å². The van der Waals surface area contributed by atoms with Crippen LogP contribution in [0.5, 0.6) is 0 Å². The van der Waals surface area contributed by atoms with Crippen molar-refractivity contribution in [3.05, 3.63) is 23.5 Å². The van der Waals surface area contributed by atoms with Crippen molar-refractivity contribution in [1.82, 2.24) is 0 Å². The van der Waals surface area contributed by atoms with Gasteiger partial charge in [0.25, 0.3) is 0 Å². The topological polar surface area (TPSA) is 101 Å². The lowest BCUT2D eigenvalue weighted by Gasteiger charge is -2.08. The maximum Gasteiger partial charge on any atom is 0.372 e. The summed E-state index contributed by atoms with van der Waals surface area (Å²) >= 11 is 0. The van der Waals surface area contributed by atoms with Gasteiger partial charge in [-0.05, 0) is 13.3 Å². The van der Waals surface area contributed by atoms with Gasteiger partial charge in [0.05, 0.1) is 5.57 Å². The molecule has 0 aliphatic rings. The van der Waals surface area contributed by atoms with Gasteiger partial charge in [0.15, 0.2) is 0 Å². The number of aliphatic carboxylic acids is 2. The summed E-state index contributed by atoms with van der Waals surface area (Å²) in [5, 5.41) is 17.7. The van der Waals surface area contributed by atoms with Crippen LogP contribution in [0, 0.1) is 0 Å². The number of esters is 1. The number of carboxylic acids is 2. The maximum atomic E-state index is 11.2. The predicted molar refractivity (Wildman–Crippen MR) is 58.1 cm³/mol. The highest BCUT2D eigenvalue weighted by atomic mass is 16.6. The number of hydrogen-bond donors (Lipinski definition) is 2. The van der Waals surface area contributed by atoms with Gasteiger partial charge < -0.3 is 14.9 Å². The van der Waals surface area contributed by atoms with E-state index in [0.717, 1.165) is 0 Å². The number of ether oxygens (including phenoxy) is 1. The Balaban J connectivity index is 5.36. The molecule has 0 radical (unpaired) electrons. The van der Waals surface area contributed by atoms with Crippen LogP contribution in [0.15, 0.2) is 23.5 Å². The van der Waals surface area contributed by atoms with E-state index in [2.05, 4.69) is 11.3 Å². The van der Waals surface area contributed by atoms with E-state index >= 15 is 0 Å². The minimum absolute atomic E-state index is 0.000434. The number of rotatable bonds is 6. The predicted octanol–water partition coefficient (Wildman–Crippen LogP) is 1.33. The molecular formula is C11H14O6. The molecule has 0 bridgehead atoms. The summed E-state index contributed by atoms with van der Waals surface area (Å²) in [7, 11) is 0. The SMILES string of the molecule is C=C(C)C(=O)OC(C(=O)O)=C(CCC)C(=O)O. The molecule has 0 aromatic rings. The second-order valence-electron chi connectivity index (χ2n) is 3.34.